The molecule has 0 atom stereocenters. The summed E-state index contributed by atoms with van der Waals surface area (Å²) in [6, 6.07) is 10.9. The highest BCUT2D eigenvalue weighted by Gasteiger charge is 2.03. The lowest BCUT2D eigenvalue weighted by Crippen LogP contribution is -1.99. The van der Waals surface area contributed by atoms with Crippen LogP contribution in [0.5, 0.6) is 11.6 Å². The van der Waals surface area contributed by atoms with Gasteiger partial charge in [0.2, 0.25) is 5.88 Å². The second kappa shape index (κ2) is 6.00. The first kappa shape index (κ1) is 13.1. The molecule has 1 aromatic heterocycles. The molecule has 2 rings (SSSR count). The van der Waals surface area contributed by atoms with Crippen molar-refractivity contribution in [1.82, 2.24) is 4.98 Å². The molecule has 0 saturated carbocycles. The number of hydrogen-bond acceptors (Lipinski definition) is 4. The number of methoxy groups -OCH3 is 1. The molecule has 1 aromatic carbocycles. The SMILES string of the molecule is COc1cccc(COc2cc(C(C)=O)ccn2)c1. The van der Waals surface area contributed by atoms with Crippen molar-refractivity contribution in [2.75, 3.05) is 7.11 Å². The number of Topliss-reactive ketones (excluding diaryl/α,β-unsaturated/α-hetero) is 1. The molecule has 0 aliphatic rings. The second-order valence-corrected chi connectivity index (χ2v) is 4.08. The largest absolute Gasteiger partial charge is 0.497 e. The van der Waals surface area contributed by atoms with Crippen LogP contribution in [0.15, 0.2) is 42.6 Å². The van der Waals surface area contributed by atoms with Crippen molar-refractivity contribution in [3.8, 4) is 11.6 Å². The minimum absolute atomic E-state index is 0.00590. The third-order valence-electron chi connectivity index (χ3n) is 2.66. The van der Waals surface area contributed by atoms with Crippen LogP contribution in [0.4, 0.5) is 0 Å². The first-order valence-corrected chi connectivity index (χ1v) is 5.92. The Morgan fingerprint density at radius 3 is 2.84 bits per heavy atom. The van der Waals surface area contributed by atoms with Gasteiger partial charge >= 0.3 is 0 Å². The average Bonchev–Trinajstić information content (AvgIpc) is 2.45. The van der Waals surface area contributed by atoms with E-state index in [-0.39, 0.29) is 5.78 Å². The van der Waals surface area contributed by atoms with E-state index in [9.17, 15) is 4.79 Å². The van der Waals surface area contributed by atoms with Crippen molar-refractivity contribution in [1.29, 1.82) is 0 Å². The van der Waals surface area contributed by atoms with E-state index in [4.69, 9.17) is 9.47 Å². The van der Waals surface area contributed by atoms with Crippen LogP contribution in [-0.2, 0) is 6.61 Å². The van der Waals surface area contributed by atoms with Gasteiger partial charge in [-0.15, -0.1) is 0 Å². The highest BCUT2D eigenvalue weighted by atomic mass is 16.5. The quantitative estimate of drug-likeness (QED) is 0.773. The standard InChI is InChI=1S/C15H15NO3/c1-11(17)13-6-7-16-15(9-13)19-10-12-4-3-5-14(8-12)18-2/h3-9H,10H2,1-2H3. The molecule has 19 heavy (non-hydrogen) atoms. The van der Waals surface area contributed by atoms with Gasteiger partial charge in [0, 0.05) is 17.8 Å². The molecule has 4 heteroatoms. The maximum Gasteiger partial charge on any atom is 0.214 e. The Balaban J connectivity index is 2.05. The lowest BCUT2D eigenvalue weighted by atomic mass is 10.2. The molecule has 0 saturated heterocycles. The molecule has 2 aromatic rings. The molecule has 0 aliphatic heterocycles. The molecule has 4 nitrogen and oxygen atoms in total. The number of ether oxygens (including phenoxy) is 2. The summed E-state index contributed by atoms with van der Waals surface area (Å²) in [6.07, 6.45) is 1.57. The van der Waals surface area contributed by atoms with Gasteiger partial charge < -0.3 is 9.47 Å². The summed E-state index contributed by atoms with van der Waals surface area (Å²) in [7, 11) is 1.62. The van der Waals surface area contributed by atoms with E-state index >= 15 is 0 Å². The average molecular weight is 257 g/mol. The van der Waals surface area contributed by atoms with Crippen molar-refractivity contribution in [3.63, 3.8) is 0 Å². The van der Waals surface area contributed by atoms with Crippen molar-refractivity contribution < 1.29 is 14.3 Å². The van der Waals surface area contributed by atoms with Crippen LogP contribution in [0.3, 0.4) is 0 Å². The van der Waals surface area contributed by atoms with E-state index < -0.39 is 0 Å². The summed E-state index contributed by atoms with van der Waals surface area (Å²) in [5, 5.41) is 0. The van der Waals surface area contributed by atoms with Crippen molar-refractivity contribution in [2.24, 2.45) is 0 Å². The van der Waals surface area contributed by atoms with Crippen LogP contribution in [0.25, 0.3) is 0 Å². The molecule has 0 unspecified atom stereocenters. The van der Waals surface area contributed by atoms with Gasteiger partial charge in [-0.2, -0.15) is 0 Å². The van der Waals surface area contributed by atoms with E-state index in [1.165, 1.54) is 6.92 Å². The third kappa shape index (κ3) is 3.55. The molecule has 0 aliphatic carbocycles. The van der Waals surface area contributed by atoms with Crippen LogP contribution < -0.4 is 9.47 Å². The van der Waals surface area contributed by atoms with Crippen LogP contribution in [0, 0.1) is 0 Å². The van der Waals surface area contributed by atoms with Crippen LogP contribution in [-0.4, -0.2) is 17.9 Å². The predicted molar refractivity (Wildman–Crippen MR) is 71.6 cm³/mol. The number of hydrogen-bond donors (Lipinski definition) is 0. The summed E-state index contributed by atoms with van der Waals surface area (Å²) in [5.74, 6) is 1.22. The zero-order valence-electron chi connectivity index (χ0n) is 10.9. The fourth-order valence-electron chi connectivity index (χ4n) is 1.63. The van der Waals surface area contributed by atoms with Crippen molar-refractivity contribution in [3.05, 3.63) is 53.7 Å². The molecule has 0 spiro atoms. The highest BCUT2D eigenvalue weighted by molar-refractivity contribution is 5.94. The van der Waals surface area contributed by atoms with Gasteiger partial charge in [-0.3, -0.25) is 4.79 Å². The number of pyridine rings is 1. The highest BCUT2D eigenvalue weighted by Crippen LogP contribution is 2.15. The van der Waals surface area contributed by atoms with Gasteiger partial charge in [-0.05, 0) is 30.7 Å². The number of benzene rings is 1. The number of ketones is 1. The molecular weight excluding hydrogens is 242 g/mol. The van der Waals surface area contributed by atoms with Crippen LogP contribution in [0.2, 0.25) is 0 Å². The predicted octanol–water partition coefficient (Wildman–Crippen LogP) is 2.87. The molecule has 0 radical (unpaired) electrons. The first-order chi connectivity index (χ1) is 9.19. The summed E-state index contributed by atoms with van der Waals surface area (Å²) in [5.41, 5.74) is 1.57. The topological polar surface area (TPSA) is 48.4 Å². The number of carbonyl (C=O) groups excluding carboxylic acids is 1. The van der Waals surface area contributed by atoms with E-state index in [0.717, 1.165) is 11.3 Å². The first-order valence-electron chi connectivity index (χ1n) is 5.92. The minimum Gasteiger partial charge on any atom is -0.497 e. The molecule has 98 valence electrons. The number of rotatable bonds is 5. The van der Waals surface area contributed by atoms with Crippen LogP contribution in [0.1, 0.15) is 22.8 Å². The number of aromatic nitrogens is 1. The Morgan fingerprint density at radius 2 is 2.11 bits per heavy atom. The minimum atomic E-state index is -0.00590. The Bertz CT molecular complexity index is 581. The van der Waals surface area contributed by atoms with Crippen LogP contribution >= 0.6 is 0 Å². The number of nitrogens with zero attached hydrogens (tertiary/aromatic N) is 1. The van der Waals surface area contributed by atoms with Gasteiger partial charge in [0.05, 0.1) is 7.11 Å². The summed E-state index contributed by atoms with van der Waals surface area (Å²) in [4.78, 5) is 15.3. The Hall–Kier alpha value is -2.36. The number of carbonyl (C=O) groups is 1. The van der Waals surface area contributed by atoms with Gasteiger partial charge in [0.25, 0.3) is 0 Å². The van der Waals surface area contributed by atoms with E-state index in [1.807, 2.05) is 24.3 Å². The maximum absolute atomic E-state index is 11.3. The monoisotopic (exact) mass is 257 g/mol. The Morgan fingerprint density at radius 1 is 1.26 bits per heavy atom. The molecule has 1 heterocycles. The van der Waals surface area contributed by atoms with Gasteiger partial charge in [0.15, 0.2) is 5.78 Å². The fraction of sp³-hybridized carbons (Fsp3) is 0.200. The van der Waals surface area contributed by atoms with Crippen molar-refractivity contribution >= 4 is 5.78 Å². The van der Waals surface area contributed by atoms with Gasteiger partial charge in [-0.1, -0.05) is 12.1 Å². The zero-order chi connectivity index (χ0) is 13.7. The van der Waals surface area contributed by atoms with E-state index in [0.29, 0.717) is 18.1 Å². The van der Waals surface area contributed by atoms with E-state index in [2.05, 4.69) is 4.98 Å². The summed E-state index contributed by atoms with van der Waals surface area (Å²) < 4.78 is 10.7. The zero-order valence-corrected chi connectivity index (χ0v) is 10.9. The lowest BCUT2D eigenvalue weighted by molar-refractivity contribution is 0.101. The summed E-state index contributed by atoms with van der Waals surface area (Å²) in [6.45, 7) is 1.90. The summed E-state index contributed by atoms with van der Waals surface area (Å²) >= 11 is 0. The van der Waals surface area contributed by atoms with Crippen molar-refractivity contribution in [2.45, 2.75) is 13.5 Å². The Kier molecular flexibility index (Phi) is 4.13. The molecule has 0 N–H and O–H groups in total. The second-order valence-electron chi connectivity index (χ2n) is 4.08. The van der Waals surface area contributed by atoms with E-state index in [1.54, 1.807) is 25.4 Å². The molecule has 0 fully saturated rings. The molecule has 0 bridgehead atoms. The lowest BCUT2D eigenvalue weighted by Gasteiger charge is -2.07. The Labute approximate surface area is 112 Å². The van der Waals surface area contributed by atoms with Gasteiger partial charge in [0.1, 0.15) is 12.4 Å². The molecular formula is C15H15NO3. The van der Waals surface area contributed by atoms with Gasteiger partial charge in [-0.25, -0.2) is 4.98 Å². The third-order valence-corrected chi connectivity index (χ3v) is 2.66. The maximum atomic E-state index is 11.3. The normalized spacial score (nSPS) is 10.0. The smallest absolute Gasteiger partial charge is 0.214 e. The fourth-order valence-corrected chi connectivity index (χ4v) is 1.63. The molecule has 0 amide bonds.